The van der Waals surface area contributed by atoms with E-state index in [4.69, 9.17) is 4.43 Å². The Labute approximate surface area is 87.0 Å². The minimum absolute atomic E-state index is 0.0988. The molecule has 0 aromatic carbocycles. The van der Waals surface area contributed by atoms with Crippen molar-refractivity contribution in [1.82, 2.24) is 0 Å². The van der Waals surface area contributed by atoms with Crippen molar-refractivity contribution in [3.8, 4) is 0 Å². The lowest BCUT2D eigenvalue weighted by atomic mass is 10.2. The van der Waals surface area contributed by atoms with E-state index in [2.05, 4.69) is 46.7 Å². The van der Waals surface area contributed by atoms with Gasteiger partial charge in [0.05, 0.1) is 0 Å². The first-order valence-corrected chi connectivity index (χ1v) is 11.8. The van der Waals surface area contributed by atoms with Crippen molar-refractivity contribution in [2.24, 2.45) is 0 Å². The van der Waals surface area contributed by atoms with Crippen LogP contribution >= 0.6 is 12.9 Å². The second kappa shape index (κ2) is 4.60. The van der Waals surface area contributed by atoms with Crippen LogP contribution in [-0.2, 0) is 4.43 Å². The van der Waals surface area contributed by atoms with Gasteiger partial charge in [-0.15, -0.1) is 0 Å². The summed E-state index contributed by atoms with van der Waals surface area (Å²) >= 11 is 3.41. The van der Waals surface area contributed by atoms with E-state index in [1.165, 1.54) is 0 Å². The minimum Gasteiger partial charge on any atom is -0.442 e. The summed E-state index contributed by atoms with van der Waals surface area (Å²) < 4.78 is 6.88. The predicted octanol–water partition coefficient (Wildman–Crippen LogP) is 2.98. The molecule has 0 N–H and O–H groups in total. The van der Waals surface area contributed by atoms with Crippen molar-refractivity contribution in [2.75, 3.05) is 4.74 Å². The van der Waals surface area contributed by atoms with Crippen LogP contribution in [0, 0.1) is 0 Å². The van der Waals surface area contributed by atoms with Gasteiger partial charge in [0.15, 0.2) is 8.32 Å². The van der Waals surface area contributed by atoms with Crippen molar-refractivity contribution >= 4 is 39.4 Å². The standard InChI is InChI=1S/C7H17OSi.BrH.Mg/c1-7(2,3)9(5,6)8-4;;/h4H2,1-3,5-6H3;1H;/q;;+1/p-1. The van der Waals surface area contributed by atoms with Gasteiger partial charge >= 0.3 is 18.2 Å². The Morgan fingerprint density at radius 1 is 1.36 bits per heavy atom. The maximum atomic E-state index is 5.90. The molecule has 0 aromatic rings. The zero-order valence-corrected chi connectivity index (χ0v) is 12.2. The Morgan fingerprint density at radius 3 is 2.09 bits per heavy atom. The molecule has 0 heterocycles. The molecule has 0 radical (unpaired) electrons. The van der Waals surface area contributed by atoms with Crippen LogP contribution in [0.4, 0.5) is 0 Å². The van der Waals surface area contributed by atoms with Gasteiger partial charge in [0.25, 0.3) is 0 Å². The maximum absolute atomic E-state index is 5.90. The average Bonchev–Trinajstić information content (AvgIpc) is 1.81. The predicted molar refractivity (Wildman–Crippen MR) is 57.8 cm³/mol. The van der Waals surface area contributed by atoms with Crippen molar-refractivity contribution in [3.05, 3.63) is 0 Å². The van der Waals surface area contributed by atoms with E-state index < -0.39 is 8.32 Å². The van der Waals surface area contributed by atoms with Crippen molar-refractivity contribution in [1.29, 1.82) is 0 Å². The highest BCUT2D eigenvalue weighted by Gasteiger charge is 2.36. The fourth-order valence-electron chi connectivity index (χ4n) is 0.510. The van der Waals surface area contributed by atoms with Crippen LogP contribution in [0.5, 0.6) is 0 Å². The normalized spacial score (nSPS) is 12.9. The van der Waals surface area contributed by atoms with Gasteiger partial charge in [-0.2, -0.15) is 0 Å². The molecular formula is C7H17BrMgOSi. The van der Waals surface area contributed by atoms with E-state index in [0.29, 0.717) is 5.04 Å². The van der Waals surface area contributed by atoms with Crippen molar-refractivity contribution < 1.29 is 4.43 Å². The molecule has 0 aliphatic carbocycles. The summed E-state index contributed by atoms with van der Waals surface area (Å²) in [6.45, 7) is 11.4. The van der Waals surface area contributed by atoms with Crippen LogP contribution in [0.2, 0.25) is 18.1 Å². The first kappa shape index (κ1) is 12.4. The molecule has 0 bridgehead atoms. The topological polar surface area (TPSA) is 9.23 Å². The molecule has 0 rings (SSSR count). The van der Waals surface area contributed by atoms with Gasteiger partial charge in [-0.1, -0.05) is 20.8 Å². The van der Waals surface area contributed by atoms with Gasteiger partial charge in [-0.25, -0.2) is 0 Å². The molecule has 4 heteroatoms. The average molecular weight is 250 g/mol. The Kier molecular flexibility index (Phi) is 5.20. The number of halogens is 1. The third-order valence-electron chi connectivity index (χ3n) is 2.35. The summed E-state index contributed by atoms with van der Waals surface area (Å²) in [7, 11) is -1.42. The van der Waals surface area contributed by atoms with E-state index >= 15 is 0 Å². The lowest BCUT2D eigenvalue weighted by molar-refractivity contribution is 0.349. The second-order valence-corrected chi connectivity index (χ2v) is 12.3. The highest BCUT2D eigenvalue weighted by molar-refractivity contribution is 9.23. The van der Waals surface area contributed by atoms with Gasteiger partial charge in [0.1, 0.15) is 0 Å². The zero-order valence-electron chi connectivity index (χ0n) is 8.20. The molecule has 64 valence electrons. The Hall–Kier alpha value is 1.42. The van der Waals surface area contributed by atoms with Crippen LogP contribution in [0.1, 0.15) is 20.8 Å². The summed E-state index contributed by atoms with van der Waals surface area (Å²) in [4.78, 5) is 0. The van der Waals surface area contributed by atoms with E-state index in [1.54, 1.807) is 0 Å². The van der Waals surface area contributed by atoms with E-state index in [1.807, 2.05) is 0 Å². The van der Waals surface area contributed by atoms with Crippen LogP contribution in [0.25, 0.3) is 0 Å². The summed E-state index contributed by atoms with van der Waals surface area (Å²) in [5.74, 6) is 0. The molecule has 0 spiro atoms. The fourth-order valence-corrected chi connectivity index (χ4v) is 4.75. The number of rotatable bonds is 3. The van der Waals surface area contributed by atoms with Gasteiger partial charge in [-0.05, 0) is 22.9 Å². The van der Waals surface area contributed by atoms with E-state index in [-0.39, 0.29) is 18.2 Å². The van der Waals surface area contributed by atoms with Gasteiger partial charge in [0.2, 0.25) is 0 Å². The quantitative estimate of drug-likeness (QED) is 0.699. The molecule has 11 heavy (non-hydrogen) atoms. The molecular weight excluding hydrogens is 232 g/mol. The summed E-state index contributed by atoms with van der Waals surface area (Å²) in [5.41, 5.74) is 0. The third-order valence-corrected chi connectivity index (χ3v) is 8.62. The van der Waals surface area contributed by atoms with E-state index in [0.717, 1.165) is 4.74 Å². The number of hydrogen-bond donors (Lipinski definition) is 0. The summed E-state index contributed by atoms with van der Waals surface area (Å²) in [6.07, 6.45) is 0. The molecule has 0 aromatic heterocycles. The lowest BCUT2D eigenvalue weighted by Gasteiger charge is -2.36. The first-order chi connectivity index (χ1) is 4.81. The summed E-state index contributed by atoms with van der Waals surface area (Å²) in [5, 5.41) is 0.365. The van der Waals surface area contributed by atoms with Gasteiger partial charge in [-0.3, -0.25) is 0 Å². The molecule has 1 nitrogen and oxygen atoms in total. The highest BCUT2D eigenvalue weighted by Crippen LogP contribution is 2.36. The molecule has 0 unspecified atom stereocenters. The summed E-state index contributed by atoms with van der Waals surface area (Å²) in [6, 6.07) is 0. The molecule has 0 fully saturated rings. The molecule has 0 amide bonds. The molecule has 0 saturated heterocycles. The molecule has 0 atom stereocenters. The smallest absolute Gasteiger partial charge is 0.442 e. The van der Waals surface area contributed by atoms with Gasteiger partial charge < -0.3 is 17.3 Å². The number of hydrogen-bond acceptors (Lipinski definition) is 1. The van der Waals surface area contributed by atoms with Crippen LogP contribution in [0.3, 0.4) is 0 Å². The fraction of sp³-hybridized carbons (Fsp3) is 1.00. The van der Waals surface area contributed by atoms with Crippen LogP contribution in [-0.4, -0.2) is 31.2 Å². The minimum atomic E-state index is -1.42. The first-order valence-electron chi connectivity index (χ1n) is 4.01. The molecule has 0 saturated carbocycles. The van der Waals surface area contributed by atoms with Crippen LogP contribution in [0.15, 0.2) is 0 Å². The molecule has 0 aliphatic rings. The maximum Gasteiger partial charge on any atom is 0.501 e. The zero-order chi connectivity index (χ0) is 9.12. The largest absolute Gasteiger partial charge is 0.501 e. The van der Waals surface area contributed by atoms with Crippen molar-refractivity contribution in [3.63, 3.8) is 0 Å². The third kappa shape index (κ3) is 4.26. The Bertz CT molecular complexity index is 122. The molecule has 0 aliphatic heterocycles. The Morgan fingerprint density at radius 2 is 1.82 bits per heavy atom. The monoisotopic (exact) mass is 248 g/mol. The van der Waals surface area contributed by atoms with Gasteiger partial charge in [0, 0.05) is 0 Å². The lowest BCUT2D eigenvalue weighted by Crippen LogP contribution is -2.41. The second-order valence-electron chi connectivity index (χ2n) is 4.30. The SMILES string of the molecule is CC(C)(C)[Si](C)(C)O[CH2][Mg][Br]. The van der Waals surface area contributed by atoms with Crippen molar-refractivity contribution in [2.45, 2.75) is 38.9 Å². The van der Waals surface area contributed by atoms with E-state index in [9.17, 15) is 0 Å². The van der Waals surface area contributed by atoms with Crippen LogP contribution < -0.4 is 0 Å². The Balaban J connectivity index is 4.00. The highest BCUT2D eigenvalue weighted by atomic mass is 79.9.